The summed E-state index contributed by atoms with van der Waals surface area (Å²) in [5.41, 5.74) is 1.38. The number of fused-ring (bicyclic) bond motifs is 5. The lowest BCUT2D eigenvalue weighted by molar-refractivity contribution is -0.387. The molecule has 0 saturated heterocycles. The molecule has 0 aromatic rings. The highest BCUT2D eigenvalue weighted by Crippen LogP contribution is 2.70. The van der Waals surface area contributed by atoms with E-state index in [1.54, 1.807) is 12.5 Å². The van der Waals surface area contributed by atoms with Gasteiger partial charge in [-0.25, -0.2) is 4.79 Å². The van der Waals surface area contributed by atoms with Gasteiger partial charge in [-0.2, -0.15) is 0 Å². The van der Waals surface area contributed by atoms with Crippen LogP contribution < -0.4 is 0 Å². The summed E-state index contributed by atoms with van der Waals surface area (Å²) >= 11 is 0. The van der Waals surface area contributed by atoms with Crippen LogP contribution in [0.5, 0.6) is 0 Å². The predicted octanol–water partition coefficient (Wildman–Crippen LogP) is 6.10. The molecule has 0 aromatic heterocycles. The lowest BCUT2D eigenvalue weighted by Crippen LogP contribution is -2.52. The Bertz CT molecular complexity index is 945. The maximum atomic E-state index is 12.1. The van der Waals surface area contributed by atoms with E-state index in [0.29, 0.717) is 36.2 Å². The molecule has 38 heavy (non-hydrogen) atoms. The minimum absolute atomic E-state index is 0.00248. The second kappa shape index (κ2) is 11.6. The van der Waals surface area contributed by atoms with Gasteiger partial charge in [-0.3, -0.25) is 4.74 Å². The highest BCUT2D eigenvalue weighted by Gasteiger charge is 2.63. The maximum Gasteiger partial charge on any atom is 0.384 e. The summed E-state index contributed by atoms with van der Waals surface area (Å²) < 4.78 is 16.0. The minimum atomic E-state index is -2.32. The van der Waals surface area contributed by atoms with E-state index >= 15 is 0 Å². The minimum Gasteiger partial charge on any atom is -0.459 e. The van der Waals surface area contributed by atoms with Gasteiger partial charge in [0.1, 0.15) is 0 Å². The Hall–Kier alpha value is -1.39. The molecule has 6 nitrogen and oxygen atoms in total. The number of carbonyl (C=O) groups excluding carboxylic acids is 1. The quantitative estimate of drug-likeness (QED) is 0.0936. The van der Waals surface area contributed by atoms with E-state index in [0.717, 1.165) is 44.9 Å². The molecule has 0 bridgehead atoms. The second-order valence-corrected chi connectivity index (χ2v) is 12.9. The first-order valence-corrected chi connectivity index (χ1v) is 15.0. The third-order valence-electron chi connectivity index (χ3n) is 11.1. The number of unbranched alkanes of at least 4 members (excludes halogenated alkanes) is 1. The second-order valence-electron chi connectivity index (χ2n) is 12.9. The molecule has 0 aromatic carbocycles. The van der Waals surface area contributed by atoms with Crippen LogP contribution in [0.15, 0.2) is 11.6 Å². The predicted molar refractivity (Wildman–Crippen MR) is 146 cm³/mol. The van der Waals surface area contributed by atoms with Gasteiger partial charge in [0, 0.05) is 24.4 Å². The van der Waals surface area contributed by atoms with Crippen molar-refractivity contribution in [2.45, 2.75) is 123 Å². The molecule has 2 N–H and O–H groups in total. The van der Waals surface area contributed by atoms with Gasteiger partial charge in [0.2, 0.25) is 0 Å². The third kappa shape index (κ3) is 5.59. The average molecular weight is 531 g/mol. The Kier molecular flexibility index (Phi) is 9.04. The maximum absolute atomic E-state index is 12.1. The lowest BCUT2D eigenvalue weighted by atomic mass is 9.45. The van der Waals surface area contributed by atoms with Gasteiger partial charge in [-0.1, -0.05) is 51.2 Å². The monoisotopic (exact) mass is 530 g/mol. The van der Waals surface area contributed by atoms with Gasteiger partial charge in [-0.05, 0) is 99.7 Å². The Balaban J connectivity index is 1.56. The van der Waals surface area contributed by atoms with Crippen LogP contribution in [0, 0.1) is 45.8 Å². The van der Waals surface area contributed by atoms with Crippen LogP contribution in [-0.4, -0.2) is 42.2 Å². The van der Waals surface area contributed by atoms with Crippen molar-refractivity contribution in [2.75, 3.05) is 13.7 Å². The fourth-order valence-electron chi connectivity index (χ4n) is 8.86. The number of carbonyl (C=O) groups is 1. The van der Waals surface area contributed by atoms with Crippen molar-refractivity contribution in [1.82, 2.24) is 0 Å². The molecule has 214 valence electrons. The van der Waals surface area contributed by atoms with Gasteiger partial charge in [-0.15, -0.1) is 0 Å². The molecule has 0 radical (unpaired) electrons. The van der Waals surface area contributed by atoms with Crippen LogP contribution in [-0.2, 0) is 19.0 Å². The van der Waals surface area contributed by atoms with E-state index in [4.69, 9.17) is 14.2 Å². The van der Waals surface area contributed by atoms with Crippen LogP contribution in [0.4, 0.5) is 0 Å². The fraction of sp³-hybridized carbons (Fsp3) is 0.844. The topological polar surface area (TPSA) is 85.2 Å². The first kappa shape index (κ1) is 29.6. The Morgan fingerprint density at radius 2 is 1.95 bits per heavy atom. The zero-order valence-electron chi connectivity index (χ0n) is 24.3. The van der Waals surface area contributed by atoms with Crippen molar-refractivity contribution in [3.05, 3.63) is 11.6 Å². The van der Waals surface area contributed by atoms with Crippen molar-refractivity contribution >= 4 is 5.97 Å². The summed E-state index contributed by atoms with van der Waals surface area (Å²) in [6.45, 7) is 9.15. The Labute approximate surface area is 229 Å². The van der Waals surface area contributed by atoms with Gasteiger partial charge >= 0.3 is 5.97 Å². The summed E-state index contributed by atoms with van der Waals surface area (Å²) in [6.07, 6.45) is 14.6. The Morgan fingerprint density at radius 1 is 1.18 bits per heavy atom. The van der Waals surface area contributed by atoms with Crippen LogP contribution in [0.25, 0.3) is 0 Å². The number of esters is 1. The van der Waals surface area contributed by atoms with Crippen LogP contribution in [0.1, 0.15) is 111 Å². The number of hydrogen-bond donors (Lipinski definition) is 2. The fourth-order valence-corrected chi connectivity index (χ4v) is 8.86. The molecule has 0 heterocycles. The number of hydrogen-bond acceptors (Lipinski definition) is 6. The van der Waals surface area contributed by atoms with Crippen molar-refractivity contribution in [1.29, 1.82) is 0 Å². The van der Waals surface area contributed by atoms with E-state index in [1.807, 2.05) is 0 Å². The zero-order chi connectivity index (χ0) is 27.6. The van der Waals surface area contributed by atoms with Gasteiger partial charge in [0.15, 0.2) is 6.29 Å². The molecule has 6 heteroatoms. The number of aliphatic hydroxyl groups is 2. The molecule has 4 aliphatic rings. The molecule has 3 saturated carbocycles. The molecule has 0 amide bonds. The Morgan fingerprint density at radius 3 is 2.68 bits per heavy atom. The van der Waals surface area contributed by atoms with E-state index in [-0.39, 0.29) is 11.8 Å². The summed E-state index contributed by atoms with van der Waals surface area (Å²) in [4.78, 5) is 12.1. The highest BCUT2D eigenvalue weighted by molar-refractivity contribution is 5.88. The molecule has 0 spiro atoms. The van der Waals surface area contributed by atoms with E-state index in [9.17, 15) is 15.0 Å². The highest BCUT2D eigenvalue weighted by atomic mass is 16.8. The number of methoxy groups -OCH3 is 1. The SMILES string of the molecule is CCCCOC(C)OC(O)(O)CC[C@]1(C#CC(=O)OC)CC[C@H]2[C@@H]3CC=C4CCCC[C@]4(C)[C@H]3CC[C@@]21C. The average Bonchev–Trinajstić information content (AvgIpc) is 3.18. The molecule has 4 aliphatic carbocycles. The molecule has 1 unspecified atom stereocenters. The molecule has 0 aliphatic heterocycles. The number of allylic oxidation sites excluding steroid dienone is 2. The normalized spacial score (nSPS) is 37.1. The first-order valence-electron chi connectivity index (χ1n) is 15.0. The van der Waals surface area contributed by atoms with E-state index in [2.05, 4.69) is 38.7 Å². The van der Waals surface area contributed by atoms with Gasteiger partial charge < -0.3 is 19.7 Å². The van der Waals surface area contributed by atoms with Crippen molar-refractivity contribution < 1.29 is 29.2 Å². The number of rotatable bonds is 9. The summed E-state index contributed by atoms with van der Waals surface area (Å²) in [5, 5.41) is 21.6. The van der Waals surface area contributed by atoms with Crippen LogP contribution >= 0.6 is 0 Å². The smallest absolute Gasteiger partial charge is 0.384 e. The van der Waals surface area contributed by atoms with Gasteiger partial charge in [0.05, 0.1) is 7.11 Å². The largest absolute Gasteiger partial charge is 0.459 e. The first-order chi connectivity index (χ1) is 18.0. The number of ether oxygens (including phenoxy) is 3. The summed E-state index contributed by atoms with van der Waals surface area (Å²) in [7, 11) is 1.35. The molecular formula is C32H50O6. The van der Waals surface area contributed by atoms with Crippen LogP contribution in [0.2, 0.25) is 0 Å². The third-order valence-corrected chi connectivity index (χ3v) is 11.1. The molecule has 4 rings (SSSR count). The molecular weight excluding hydrogens is 480 g/mol. The van der Waals surface area contributed by atoms with Crippen molar-refractivity contribution in [3.8, 4) is 11.8 Å². The van der Waals surface area contributed by atoms with E-state index in [1.165, 1.54) is 32.8 Å². The van der Waals surface area contributed by atoms with Crippen molar-refractivity contribution in [3.63, 3.8) is 0 Å². The zero-order valence-corrected chi connectivity index (χ0v) is 24.3. The summed E-state index contributed by atoms with van der Waals surface area (Å²) in [6, 6.07) is 0. The standard InChI is InChI=1S/C32H50O6/c1-6-7-22-37-23(2)38-32(34,35)21-20-31(19-15-28(33)36-5)18-14-27-25-12-11-24-10-8-9-16-29(24,3)26(25)13-17-30(27,31)4/h11,23,25-27,34-35H,6-10,12-14,16-18,20-22H2,1-5H3/t23?,25-,26+,27+,29+,30+,31-/m1/s1. The molecule has 3 fully saturated rings. The van der Waals surface area contributed by atoms with Gasteiger partial charge in [0.25, 0.3) is 5.97 Å². The lowest BCUT2D eigenvalue weighted by Gasteiger charge is -2.59. The summed E-state index contributed by atoms with van der Waals surface area (Å²) in [5.74, 6) is 5.06. The van der Waals surface area contributed by atoms with E-state index < -0.39 is 23.6 Å². The van der Waals surface area contributed by atoms with Crippen LogP contribution in [0.3, 0.4) is 0 Å². The van der Waals surface area contributed by atoms with Crippen molar-refractivity contribution in [2.24, 2.45) is 34.0 Å². The molecule has 7 atom stereocenters.